The number of hydrogen-bond donors (Lipinski definition) is 2. The Labute approximate surface area is 122 Å². The van der Waals surface area contributed by atoms with E-state index in [0.717, 1.165) is 6.07 Å². The molecule has 0 heterocycles. The molecule has 2 rings (SSSR count). The second kappa shape index (κ2) is 5.63. The summed E-state index contributed by atoms with van der Waals surface area (Å²) in [5, 5.41) is 2.79. The minimum atomic E-state index is -0.919. The van der Waals surface area contributed by atoms with Gasteiger partial charge in [0, 0.05) is 15.7 Å². The van der Waals surface area contributed by atoms with Crippen molar-refractivity contribution in [3.8, 4) is 0 Å². The predicted molar refractivity (Wildman–Crippen MR) is 79.7 cm³/mol. The van der Waals surface area contributed by atoms with Gasteiger partial charge in [-0.1, -0.05) is 18.3 Å². The van der Waals surface area contributed by atoms with Crippen molar-refractivity contribution in [2.75, 3.05) is 5.32 Å². The zero-order valence-electron chi connectivity index (χ0n) is 9.58. The Morgan fingerprint density at radius 2 is 1.95 bits per heavy atom. The van der Waals surface area contributed by atoms with Gasteiger partial charge in [0.15, 0.2) is 11.6 Å². The van der Waals surface area contributed by atoms with Gasteiger partial charge in [-0.15, -0.1) is 0 Å². The number of halogens is 3. The van der Waals surface area contributed by atoms with Gasteiger partial charge >= 0.3 is 0 Å². The summed E-state index contributed by atoms with van der Waals surface area (Å²) in [6.07, 6.45) is 0. The lowest BCUT2D eigenvalue weighted by atomic mass is 10.2. The topological polar surface area (TPSA) is 38.0 Å². The fourth-order valence-electron chi connectivity index (χ4n) is 1.55. The SMILES string of the molecule is NC(=S)c1ccc(Nc2cccc(F)c2F)cc1Br. The van der Waals surface area contributed by atoms with Crippen LogP contribution in [0.2, 0.25) is 0 Å². The highest BCUT2D eigenvalue weighted by molar-refractivity contribution is 9.10. The third-order valence-corrected chi connectivity index (χ3v) is 3.34. The van der Waals surface area contributed by atoms with Crippen LogP contribution in [0.15, 0.2) is 40.9 Å². The second-order valence-corrected chi connectivity index (χ2v) is 5.08. The fourth-order valence-corrected chi connectivity index (χ4v) is 2.45. The van der Waals surface area contributed by atoms with Gasteiger partial charge in [0.1, 0.15) is 4.99 Å². The molecule has 0 saturated heterocycles. The summed E-state index contributed by atoms with van der Waals surface area (Å²) in [6, 6.07) is 9.02. The number of thiocarbonyl (C=S) groups is 1. The summed E-state index contributed by atoms with van der Waals surface area (Å²) in [7, 11) is 0. The van der Waals surface area contributed by atoms with Gasteiger partial charge in [-0.2, -0.15) is 0 Å². The summed E-state index contributed by atoms with van der Waals surface area (Å²) in [4.78, 5) is 0.260. The molecule has 0 bridgehead atoms. The van der Waals surface area contributed by atoms with E-state index in [1.165, 1.54) is 12.1 Å². The van der Waals surface area contributed by atoms with Crippen LogP contribution in [0.4, 0.5) is 20.2 Å². The molecule has 0 radical (unpaired) electrons. The third kappa shape index (κ3) is 3.08. The molecule has 0 atom stereocenters. The van der Waals surface area contributed by atoms with E-state index < -0.39 is 11.6 Å². The molecular formula is C13H9BrF2N2S. The van der Waals surface area contributed by atoms with Gasteiger partial charge in [-0.05, 0) is 46.3 Å². The van der Waals surface area contributed by atoms with Crippen LogP contribution < -0.4 is 11.1 Å². The molecule has 2 aromatic carbocycles. The van der Waals surface area contributed by atoms with Crippen LogP contribution in [-0.4, -0.2) is 4.99 Å². The maximum Gasteiger partial charge on any atom is 0.182 e. The molecule has 0 aliphatic heterocycles. The van der Waals surface area contributed by atoms with E-state index in [1.807, 2.05) is 0 Å². The monoisotopic (exact) mass is 342 g/mol. The van der Waals surface area contributed by atoms with Crippen LogP contribution in [0.25, 0.3) is 0 Å². The molecule has 0 aliphatic carbocycles. The van der Waals surface area contributed by atoms with Crippen LogP contribution in [-0.2, 0) is 0 Å². The van der Waals surface area contributed by atoms with E-state index >= 15 is 0 Å². The second-order valence-electron chi connectivity index (χ2n) is 3.79. The first-order valence-corrected chi connectivity index (χ1v) is 6.49. The minimum Gasteiger partial charge on any atom is -0.389 e. The normalized spacial score (nSPS) is 10.3. The standard InChI is InChI=1S/C13H9BrF2N2S/c14-9-6-7(4-5-8(9)13(17)19)18-11-3-1-2-10(15)12(11)16/h1-6,18H,(H2,17,19). The van der Waals surface area contributed by atoms with Gasteiger partial charge in [0.05, 0.1) is 5.69 Å². The minimum absolute atomic E-state index is 0.0648. The smallest absolute Gasteiger partial charge is 0.182 e. The number of benzene rings is 2. The summed E-state index contributed by atoms with van der Waals surface area (Å²) in [5.41, 5.74) is 6.87. The van der Waals surface area contributed by atoms with E-state index in [0.29, 0.717) is 15.7 Å². The zero-order chi connectivity index (χ0) is 14.0. The number of rotatable bonds is 3. The molecule has 98 valence electrons. The molecule has 6 heteroatoms. The Hall–Kier alpha value is -1.53. The average Bonchev–Trinajstić information content (AvgIpc) is 2.34. The molecule has 2 nitrogen and oxygen atoms in total. The predicted octanol–water partition coefficient (Wildman–Crippen LogP) is 4.11. The number of hydrogen-bond acceptors (Lipinski definition) is 2. The van der Waals surface area contributed by atoms with Crippen LogP contribution in [0, 0.1) is 11.6 Å². The molecule has 3 N–H and O–H groups in total. The fraction of sp³-hybridized carbons (Fsp3) is 0. The first-order chi connectivity index (χ1) is 8.99. The van der Waals surface area contributed by atoms with Crippen LogP contribution in [0.5, 0.6) is 0 Å². The summed E-state index contributed by atoms with van der Waals surface area (Å²) < 4.78 is 27.3. The lowest BCUT2D eigenvalue weighted by Crippen LogP contribution is -2.10. The lowest BCUT2D eigenvalue weighted by molar-refractivity contribution is 0.512. The number of anilines is 2. The van der Waals surface area contributed by atoms with E-state index in [2.05, 4.69) is 21.2 Å². The van der Waals surface area contributed by atoms with Crippen LogP contribution in [0.3, 0.4) is 0 Å². The summed E-state index contributed by atoms with van der Waals surface area (Å²) in [6.45, 7) is 0. The van der Waals surface area contributed by atoms with E-state index in [-0.39, 0.29) is 10.7 Å². The van der Waals surface area contributed by atoms with Crippen LogP contribution >= 0.6 is 28.1 Å². The highest BCUT2D eigenvalue weighted by Gasteiger charge is 2.09. The lowest BCUT2D eigenvalue weighted by Gasteiger charge is -2.10. The Kier molecular flexibility index (Phi) is 4.11. The highest BCUT2D eigenvalue weighted by atomic mass is 79.9. The Bertz CT molecular complexity index is 647. The molecule has 0 spiro atoms. The van der Waals surface area contributed by atoms with Crippen molar-refractivity contribution in [2.24, 2.45) is 5.73 Å². The molecular weight excluding hydrogens is 334 g/mol. The molecule has 19 heavy (non-hydrogen) atoms. The van der Waals surface area contributed by atoms with Crippen molar-refractivity contribution in [3.05, 3.63) is 58.1 Å². The number of nitrogens with two attached hydrogens (primary N) is 1. The Morgan fingerprint density at radius 3 is 2.58 bits per heavy atom. The van der Waals surface area contributed by atoms with E-state index in [1.54, 1.807) is 18.2 Å². The molecule has 0 saturated carbocycles. The van der Waals surface area contributed by atoms with Crippen molar-refractivity contribution in [2.45, 2.75) is 0 Å². The molecule has 0 aliphatic rings. The van der Waals surface area contributed by atoms with Crippen molar-refractivity contribution in [3.63, 3.8) is 0 Å². The van der Waals surface area contributed by atoms with E-state index in [9.17, 15) is 8.78 Å². The third-order valence-electron chi connectivity index (χ3n) is 2.47. The summed E-state index contributed by atoms with van der Waals surface area (Å²) in [5.74, 6) is -1.82. The van der Waals surface area contributed by atoms with Crippen molar-refractivity contribution in [1.29, 1.82) is 0 Å². The van der Waals surface area contributed by atoms with Gasteiger partial charge < -0.3 is 11.1 Å². The average molecular weight is 343 g/mol. The first kappa shape index (κ1) is 13.9. The molecule has 0 fully saturated rings. The van der Waals surface area contributed by atoms with Crippen molar-refractivity contribution in [1.82, 2.24) is 0 Å². The highest BCUT2D eigenvalue weighted by Crippen LogP contribution is 2.26. The maximum absolute atomic E-state index is 13.5. The van der Waals surface area contributed by atoms with Crippen molar-refractivity contribution >= 4 is 44.5 Å². The molecule has 2 aromatic rings. The van der Waals surface area contributed by atoms with Gasteiger partial charge in [-0.25, -0.2) is 8.78 Å². The summed E-state index contributed by atoms with van der Waals surface area (Å²) >= 11 is 8.20. The zero-order valence-corrected chi connectivity index (χ0v) is 12.0. The van der Waals surface area contributed by atoms with E-state index in [4.69, 9.17) is 18.0 Å². The molecule has 0 aromatic heterocycles. The largest absolute Gasteiger partial charge is 0.389 e. The molecule has 0 unspecified atom stereocenters. The Balaban J connectivity index is 2.32. The van der Waals surface area contributed by atoms with Gasteiger partial charge in [0.25, 0.3) is 0 Å². The molecule has 0 amide bonds. The quantitative estimate of drug-likeness (QED) is 0.824. The number of nitrogens with one attached hydrogen (secondary N) is 1. The van der Waals surface area contributed by atoms with Gasteiger partial charge in [-0.3, -0.25) is 0 Å². The maximum atomic E-state index is 13.5. The van der Waals surface area contributed by atoms with Crippen LogP contribution in [0.1, 0.15) is 5.56 Å². The van der Waals surface area contributed by atoms with Gasteiger partial charge in [0.2, 0.25) is 0 Å². The Morgan fingerprint density at radius 1 is 1.21 bits per heavy atom. The van der Waals surface area contributed by atoms with Crippen molar-refractivity contribution < 1.29 is 8.78 Å². The first-order valence-electron chi connectivity index (χ1n) is 5.29.